The summed E-state index contributed by atoms with van der Waals surface area (Å²) in [5, 5.41) is 13.0. The van der Waals surface area contributed by atoms with E-state index in [-0.39, 0.29) is 12.5 Å². The van der Waals surface area contributed by atoms with E-state index in [1.165, 1.54) is 0 Å². The standard InChI is InChI=1S/C15H22ClNO3/c1-4-5-8-17-14(18)12-7-6-11(16)9-13(12)20-10-15(2,3)19/h6-7,9,19H,4-5,8,10H2,1-3H3,(H,17,18). The number of ether oxygens (including phenoxy) is 1. The van der Waals surface area contributed by atoms with Gasteiger partial charge in [-0.2, -0.15) is 0 Å². The maximum absolute atomic E-state index is 12.1. The summed E-state index contributed by atoms with van der Waals surface area (Å²) in [5.74, 6) is 0.189. The molecule has 1 aromatic rings. The molecule has 0 bridgehead atoms. The Labute approximate surface area is 125 Å². The average molecular weight is 300 g/mol. The van der Waals surface area contributed by atoms with Gasteiger partial charge >= 0.3 is 0 Å². The van der Waals surface area contributed by atoms with Gasteiger partial charge in [0.25, 0.3) is 5.91 Å². The molecule has 4 nitrogen and oxygen atoms in total. The van der Waals surface area contributed by atoms with Gasteiger partial charge in [0.05, 0.1) is 11.2 Å². The van der Waals surface area contributed by atoms with E-state index in [9.17, 15) is 9.90 Å². The normalized spacial score (nSPS) is 11.2. The first kappa shape index (κ1) is 16.8. The molecule has 0 aromatic heterocycles. The summed E-state index contributed by atoms with van der Waals surface area (Å²) in [4.78, 5) is 12.1. The van der Waals surface area contributed by atoms with Crippen molar-refractivity contribution in [2.75, 3.05) is 13.2 Å². The molecule has 1 amide bonds. The number of halogens is 1. The minimum absolute atomic E-state index is 0.0859. The molecular weight excluding hydrogens is 278 g/mol. The van der Waals surface area contributed by atoms with Crippen molar-refractivity contribution in [2.45, 2.75) is 39.2 Å². The molecule has 0 saturated carbocycles. The van der Waals surface area contributed by atoms with Crippen molar-refractivity contribution in [3.05, 3.63) is 28.8 Å². The van der Waals surface area contributed by atoms with E-state index in [1.807, 2.05) is 0 Å². The molecule has 0 radical (unpaired) electrons. The Morgan fingerprint density at radius 3 is 2.75 bits per heavy atom. The molecule has 20 heavy (non-hydrogen) atoms. The van der Waals surface area contributed by atoms with Gasteiger partial charge in [-0.3, -0.25) is 4.79 Å². The topological polar surface area (TPSA) is 58.6 Å². The number of rotatable bonds is 7. The van der Waals surface area contributed by atoms with Crippen LogP contribution in [0.15, 0.2) is 18.2 Å². The molecule has 1 rings (SSSR count). The number of amides is 1. The SMILES string of the molecule is CCCCNC(=O)c1ccc(Cl)cc1OCC(C)(C)O. The second kappa shape index (κ2) is 7.50. The first-order valence-electron chi connectivity index (χ1n) is 6.76. The molecular formula is C15H22ClNO3. The van der Waals surface area contributed by atoms with Crippen LogP contribution in [0.2, 0.25) is 5.02 Å². The lowest BCUT2D eigenvalue weighted by Gasteiger charge is -2.19. The van der Waals surface area contributed by atoms with Crippen LogP contribution in [-0.4, -0.2) is 29.8 Å². The lowest BCUT2D eigenvalue weighted by Crippen LogP contribution is -2.29. The van der Waals surface area contributed by atoms with E-state index in [1.54, 1.807) is 32.0 Å². The van der Waals surface area contributed by atoms with Crippen molar-refractivity contribution in [3.8, 4) is 5.75 Å². The Hall–Kier alpha value is -1.26. The van der Waals surface area contributed by atoms with E-state index >= 15 is 0 Å². The van der Waals surface area contributed by atoms with Crippen LogP contribution in [0.3, 0.4) is 0 Å². The van der Waals surface area contributed by atoms with Crippen LogP contribution in [0.5, 0.6) is 5.75 Å². The quantitative estimate of drug-likeness (QED) is 0.761. The van der Waals surface area contributed by atoms with Crippen molar-refractivity contribution in [3.63, 3.8) is 0 Å². The summed E-state index contributed by atoms with van der Waals surface area (Å²) < 4.78 is 5.51. The minimum atomic E-state index is -0.974. The molecule has 0 aliphatic heterocycles. The Morgan fingerprint density at radius 1 is 1.45 bits per heavy atom. The zero-order valence-electron chi connectivity index (χ0n) is 12.2. The second-order valence-electron chi connectivity index (χ2n) is 5.35. The van der Waals surface area contributed by atoms with E-state index in [4.69, 9.17) is 16.3 Å². The van der Waals surface area contributed by atoms with Crippen LogP contribution in [0.25, 0.3) is 0 Å². The Morgan fingerprint density at radius 2 is 2.15 bits per heavy atom. The first-order chi connectivity index (χ1) is 9.33. The van der Waals surface area contributed by atoms with Crippen molar-refractivity contribution >= 4 is 17.5 Å². The fourth-order valence-electron chi connectivity index (χ4n) is 1.53. The maximum atomic E-state index is 12.1. The molecule has 112 valence electrons. The molecule has 0 aliphatic carbocycles. The highest BCUT2D eigenvalue weighted by Gasteiger charge is 2.17. The monoisotopic (exact) mass is 299 g/mol. The first-order valence-corrected chi connectivity index (χ1v) is 7.14. The number of carbonyl (C=O) groups excluding carboxylic acids is 1. The predicted octanol–water partition coefficient (Wildman–Crippen LogP) is 3.02. The molecule has 0 saturated heterocycles. The predicted molar refractivity (Wildman–Crippen MR) is 80.5 cm³/mol. The summed E-state index contributed by atoms with van der Waals surface area (Å²) >= 11 is 5.92. The highest BCUT2D eigenvalue weighted by atomic mass is 35.5. The van der Waals surface area contributed by atoms with Gasteiger partial charge in [-0.15, -0.1) is 0 Å². The van der Waals surface area contributed by atoms with Crippen LogP contribution in [0.1, 0.15) is 44.0 Å². The molecule has 5 heteroatoms. The van der Waals surface area contributed by atoms with E-state index < -0.39 is 5.60 Å². The van der Waals surface area contributed by atoms with Crippen molar-refractivity contribution in [1.82, 2.24) is 5.32 Å². The fourth-order valence-corrected chi connectivity index (χ4v) is 1.69. The minimum Gasteiger partial charge on any atom is -0.490 e. The lowest BCUT2D eigenvalue weighted by atomic mass is 10.1. The lowest BCUT2D eigenvalue weighted by molar-refractivity contribution is 0.0280. The number of unbranched alkanes of at least 4 members (excludes halogenated alkanes) is 1. The zero-order chi connectivity index (χ0) is 15.2. The average Bonchev–Trinajstić information content (AvgIpc) is 2.35. The van der Waals surface area contributed by atoms with Crippen LogP contribution in [0, 0.1) is 0 Å². The smallest absolute Gasteiger partial charge is 0.255 e. The molecule has 0 aliphatic rings. The van der Waals surface area contributed by atoms with Crippen molar-refractivity contribution < 1.29 is 14.6 Å². The highest BCUT2D eigenvalue weighted by molar-refractivity contribution is 6.30. The Balaban J connectivity index is 2.81. The van der Waals surface area contributed by atoms with Gasteiger partial charge in [0.1, 0.15) is 12.4 Å². The van der Waals surface area contributed by atoms with Gasteiger partial charge in [0.2, 0.25) is 0 Å². The van der Waals surface area contributed by atoms with Crippen LogP contribution < -0.4 is 10.1 Å². The number of aliphatic hydroxyl groups is 1. The summed E-state index contributed by atoms with van der Waals surface area (Å²) in [6.45, 7) is 6.05. The Kier molecular flexibility index (Phi) is 6.30. The third-order valence-corrected chi connectivity index (χ3v) is 2.82. The highest BCUT2D eigenvalue weighted by Crippen LogP contribution is 2.24. The molecule has 0 spiro atoms. The van der Waals surface area contributed by atoms with E-state index in [0.717, 1.165) is 12.8 Å². The van der Waals surface area contributed by atoms with E-state index in [2.05, 4.69) is 12.2 Å². The molecule has 0 heterocycles. The fraction of sp³-hybridized carbons (Fsp3) is 0.533. The van der Waals surface area contributed by atoms with E-state index in [0.29, 0.717) is 22.9 Å². The van der Waals surface area contributed by atoms with Gasteiger partial charge in [-0.25, -0.2) is 0 Å². The number of nitrogens with one attached hydrogen (secondary N) is 1. The van der Waals surface area contributed by atoms with Crippen molar-refractivity contribution in [2.24, 2.45) is 0 Å². The number of hydrogen-bond acceptors (Lipinski definition) is 3. The molecule has 1 aromatic carbocycles. The second-order valence-corrected chi connectivity index (χ2v) is 5.79. The Bertz CT molecular complexity index is 455. The van der Waals surface area contributed by atoms with Crippen LogP contribution in [-0.2, 0) is 0 Å². The molecule has 0 unspecified atom stereocenters. The van der Waals surface area contributed by atoms with Gasteiger partial charge in [-0.1, -0.05) is 24.9 Å². The van der Waals surface area contributed by atoms with Gasteiger partial charge in [0, 0.05) is 11.6 Å². The van der Waals surface area contributed by atoms with Gasteiger partial charge in [0.15, 0.2) is 0 Å². The number of carbonyl (C=O) groups is 1. The summed E-state index contributed by atoms with van der Waals surface area (Å²) in [5.41, 5.74) is -0.548. The third-order valence-electron chi connectivity index (χ3n) is 2.59. The van der Waals surface area contributed by atoms with Crippen LogP contribution >= 0.6 is 11.6 Å². The van der Waals surface area contributed by atoms with Gasteiger partial charge in [-0.05, 0) is 38.5 Å². The summed E-state index contributed by atoms with van der Waals surface area (Å²) in [7, 11) is 0. The largest absolute Gasteiger partial charge is 0.490 e. The zero-order valence-corrected chi connectivity index (χ0v) is 13.0. The van der Waals surface area contributed by atoms with Crippen LogP contribution in [0.4, 0.5) is 0 Å². The summed E-state index contributed by atoms with van der Waals surface area (Å²) in [6.07, 6.45) is 1.95. The van der Waals surface area contributed by atoms with Crippen molar-refractivity contribution in [1.29, 1.82) is 0 Å². The maximum Gasteiger partial charge on any atom is 0.255 e. The number of hydrogen-bond donors (Lipinski definition) is 2. The molecule has 0 atom stereocenters. The molecule has 0 fully saturated rings. The number of benzene rings is 1. The third kappa shape index (κ3) is 5.80. The van der Waals surface area contributed by atoms with Gasteiger partial charge < -0.3 is 15.2 Å². The summed E-state index contributed by atoms with van der Waals surface area (Å²) in [6, 6.07) is 4.86. The molecule has 2 N–H and O–H groups in total.